The molecule has 3 saturated heterocycles. The lowest BCUT2D eigenvalue weighted by molar-refractivity contribution is -0.133. The van der Waals surface area contributed by atoms with Crippen molar-refractivity contribution < 1.29 is 24.8 Å². The summed E-state index contributed by atoms with van der Waals surface area (Å²) in [5.74, 6) is 1.68. The summed E-state index contributed by atoms with van der Waals surface area (Å²) in [6, 6.07) is 0.438. The van der Waals surface area contributed by atoms with Crippen LogP contribution < -0.4 is 5.32 Å². The number of hydrogen-bond donors (Lipinski definition) is 4. The fourth-order valence-corrected chi connectivity index (χ4v) is 8.95. The Hall–Kier alpha value is -0.250. The van der Waals surface area contributed by atoms with Crippen LogP contribution in [0.25, 0.3) is 0 Å². The van der Waals surface area contributed by atoms with Gasteiger partial charge in [0.05, 0.1) is 31.0 Å². The Labute approximate surface area is 240 Å². The maximum atomic E-state index is 11.8. The van der Waals surface area contributed by atoms with E-state index >= 15 is 0 Å². The molecule has 3 aliphatic heterocycles. The summed E-state index contributed by atoms with van der Waals surface area (Å²) in [6.07, 6.45) is 12.4. The van der Waals surface area contributed by atoms with Gasteiger partial charge in [-0.2, -0.15) is 0 Å². The number of ether oxygens (including phenoxy) is 2. The van der Waals surface area contributed by atoms with Crippen LogP contribution >= 0.6 is 11.6 Å². The predicted octanol–water partition coefficient (Wildman–Crippen LogP) is 3.83. The summed E-state index contributed by atoms with van der Waals surface area (Å²) in [5, 5.41) is 34.5. The first-order valence-corrected chi connectivity index (χ1v) is 16.2. The van der Waals surface area contributed by atoms with Crippen molar-refractivity contribution in [3.8, 4) is 0 Å². The lowest BCUT2D eigenvalue weighted by Gasteiger charge is -2.52. The first-order valence-electron chi connectivity index (χ1n) is 15.8. The van der Waals surface area contributed by atoms with Gasteiger partial charge in [-0.05, 0) is 107 Å². The van der Waals surface area contributed by atoms with E-state index in [1.165, 1.54) is 24.8 Å². The van der Waals surface area contributed by atoms with Crippen molar-refractivity contribution >= 4 is 11.6 Å². The number of piperidine rings is 2. The highest BCUT2D eigenvalue weighted by atomic mass is 35.5. The monoisotopic (exact) mass is 568 g/mol. The average molecular weight is 569 g/mol. The van der Waals surface area contributed by atoms with Crippen LogP contribution in [0.5, 0.6) is 0 Å². The van der Waals surface area contributed by atoms with Crippen molar-refractivity contribution in [2.24, 2.45) is 23.2 Å². The third-order valence-corrected chi connectivity index (χ3v) is 11.3. The summed E-state index contributed by atoms with van der Waals surface area (Å²) < 4.78 is 12.4. The lowest BCUT2D eigenvalue weighted by Crippen LogP contribution is -2.58. The zero-order valence-electron chi connectivity index (χ0n) is 24.2. The molecule has 4 N–H and O–H groups in total. The maximum Gasteiger partial charge on any atom is 0.175 e. The summed E-state index contributed by atoms with van der Waals surface area (Å²) in [4.78, 5) is 2.58. The highest BCUT2D eigenvalue weighted by molar-refractivity contribution is 6.20. The summed E-state index contributed by atoms with van der Waals surface area (Å²) in [7, 11) is 0. The van der Waals surface area contributed by atoms with Gasteiger partial charge in [-0.3, -0.25) is 0 Å². The number of hydrogen-bond acceptors (Lipinski definition) is 7. The number of nitrogens with one attached hydrogen (secondary N) is 1. The first kappa shape index (κ1) is 30.2. The molecular weight excluding hydrogens is 516 g/mol. The van der Waals surface area contributed by atoms with Crippen molar-refractivity contribution in [3.63, 3.8) is 0 Å². The van der Waals surface area contributed by atoms with E-state index in [9.17, 15) is 15.3 Å². The standard InChI is InChI=1S/C31H53ClN2O5/c1-30(2)20-34(16-13-31(30,37)21-7-9-22(32)10-8-21)15-4-6-24-25-5-3-14-33-27(25)18-39-28-12-11-23(17-26(24)28)38-19-29(35)36/h7,22-29,33,35-37H,3-6,8-20H2,1-2H3/t22-,23-,24?,25-,26+,27?,28?,31?/m0/s1. The van der Waals surface area contributed by atoms with Gasteiger partial charge in [0.15, 0.2) is 6.29 Å². The summed E-state index contributed by atoms with van der Waals surface area (Å²) >= 11 is 6.34. The van der Waals surface area contributed by atoms with Crippen molar-refractivity contribution in [3.05, 3.63) is 11.6 Å². The van der Waals surface area contributed by atoms with E-state index in [0.29, 0.717) is 23.8 Å². The SMILES string of the molecule is CC1(C)CN(CCCC2[C@@H]3CCCNC3COC3CC[C@H](OCC(O)O)C[C@@H]32)CCC1(O)C1=CC[C@H](Cl)CC1. The quantitative estimate of drug-likeness (QED) is 0.201. The molecule has 0 aromatic heterocycles. The number of fused-ring (bicyclic) bond motifs is 2. The van der Waals surface area contributed by atoms with Crippen molar-refractivity contribution in [1.82, 2.24) is 10.2 Å². The van der Waals surface area contributed by atoms with Gasteiger partial charge < -0.3 is 35.0 Å². The fraction of sp³-hybridized carbons (Fsp3) is 0.935. The lowest BCUT2D eigenvalue weighted by atomic mass is 9.64. The molecule has 8 atom stereocenters. The first-order chi connectivity index (χ1) is 18.7. The Bertz CT molecular complexity index is 840. The zero-order valence-corrected chi connectivity index (χ0v) is 25.0. The molecule has 5 rings (SSSR count). The Morgan fingerprint density at radius 2 is 2.05 bits per heavy atom. The number of alkyl halides is 1. The van der Waals surface area contributed by atoms with E-state index in [2.05, 4.69) is 30.1 Å². The third-order valence-electron chi connectivity index (χ3n) is 10.9. The molecule has 224 valence electrons. The largest absolute Gasteiger partial charge is 0.385 e. The number of aliphatic hydroxyl groups is 3. The molecule has 1 saturated carbocycles. The molecule has 3 heterocycles. The Morgan fingerprint density at radius 1 is 1.21 bits per heavy atom. The van der Waals surface area contributed by atoms with Crippen LogP contribution in [0.2, 0.25) is 0 Å². The van der Waals surface area contributed by atoms with Gasteiger partial charge in [-0.15, -0.1) is 11.6 Å². The van der Waals surface area contributed by atoms with E-state index in [0.717, 1.165) is 84.2 Å². The number of halogens is 1. The minimum atomic E-state index is -1.41. The van der Waals surface area contributed by atoms with Crippen LogP contribution in [0.4, 0.5) is 0 Å². The highest BCUT2D eigenvalue weighted by Crippen LogP contribution is 2.48. The number of likely N-dealkylation sites (tertiary alicyclic amines) is 1. The van der Waals surface area contributed by atoms with Crippen LogP contribution in [0.3, 0.4) is 0 Å². The second kappa shape index (κ2) is 12.9. The van der Waals surface area contributed by atoms with Gasteiger partial charge in [0.2, 0.25) is 0 Å². The molecule has 0 aromatic carbocycles. The molecule has 0 bridgehead atoms. The average Bonchev–Trinajstić information content (AvgIpc) is 3.06. The molecule has 0 spiro atoms. The van der Waals surface area contributed by atoms with Crippen LogP contribution in [0, 0.1) is 23.2 Å². The summed E-state index contributed by atoms with van der Waals surface area (Å²) in [6.45, 7) is 9.28. The number of nitrogens with zero attached hydrogens (tertiary/aromatic N) is 1. The van der Waals surface area contributed by atoms with E-state index < -0.39 is 11.9 Å². The molecule has 4 unspecified atom stereocenters. The second-order valence-electron chi connectivity index (χ2n) is 13.8. The highest BCUT2D eigenvalue weighted by Gasteiger charge is 2.50. The minimum absolute atomic E-state index is 0.0123. The Kier molecular flexibility index (Phi) is 10.0. The van der Waals surface area contributed by atoms with Gasteiger partial charge in [-0.1, -0.05) is 19.9 Å². The van der Waals surface area contributed by atoms with Gasteiger partial charge >= 0.3 is 0 Å². The second-order valence-corrected chi connectivity index (χ2v) is 14.4. The molecule has 5 aliphatic rings. The van der Waals surface area contributed by atoms with Gasteiger partial charge in [0.25, 0.3) is 0 Å². The van der Waals surface area contributed by atoms with Crippen LogP contribution in [-0.2, 0) is 9.47 Å². The zero-order chi connectivity index (χ0) is 27.6. The molecular formula is C31H53ClN2O5. The van der Waals surface area contributed by atoms with Crippen LogP contribution in [0.1, 0.15) is 84.5 Å². The summed E-state index contributed by atoms with van der Waals surface area (Å²) in [5.41, 5.74) is 0.292. The molecule has 0 amide bonds. The van der Waals surface area contributed by atoms with E-state index in [4.69, 9.17) is 21.1 Å². The molecule has 8 heteroatoms. The number of rotatable bonds is 8. The molecule has 39 heavy (non-hydrogen) atoms. The Balaban J connectivity index is 1.21. The smallest absolute Gasteiger partial charge is 0.175 e. The van der Waals surface area contributed by atoms with Crippen molar-refractivity contribution in [1.29, 1.82) is 0 Å². The molecule has 7 nitrogen and oxygen atoms in total. The maximum absolute atomic E-state index is 11.8. The third kappa shape index (κ3) is 6.88. The molecule has 0 aromatic rings. The van der Waals surface area contributed by atoms with Crippen molar-refractivity contribution in [2.45, 2.75) is 120 Å². The molecule has 0 radical (unpaired) electrons. The topological polar surface area (TPSA) is 94.4 Å². The van der Waals surface area contributed by atoms with E-state index in [-0.39, 0.29) is 29.6 Å². The Morgan fingerprint density at radius 3 is 2.79 bits per heavy atom. The number of allylic oxidation sites excluding steroid dienone is 1. The van der Waals surface area contributed by atoms with Crippen LogP contribution in [-0.4, -0.2) is 95.1 Å². The fourth-order valence-electron chi connectivity index (χ4n) is 8.76. The number of aliphatic hydroxyl groups excluding tert-OH is 1. The normalized spacial score (nSPS) is 41.4. The van der Waals surface area contributed by atoms with E-state index in [1.807, 2.05) is 0 Å². The van der Waals surface area contributed by atoms with E-state index in [1.54, 1.807) is 0 Å². The van der Waals surface area contributed by atoms with Gasteiger partial charge in [0.1, 0.15) is 0 Å². The van der Waals surface area contributed by atoms with Gasteiger partial charge in [-0.25, -0.2) is 0 Å². The van der Waals surface area contributed by atoms with Gasteiger partial charge in [0, 0.05) is 29.9 Å². The van der Waals surface area contributed by atoms with Crippen molar-refractivity contribution in [2.75, 3.05) is 39.4 Å². The predicted molar refractivity (Wildman–Crippen MR) is 154 cm³/mol. The van der Waals surface area contributed by atoms with Crippen LogP contribution in [0.15, 0.2) is 11.6 Å². The molecule has 2 aliphatic carbocycles. The minimum Gasteiger partial charge on any atom is -0.385 e. The molecule has 4 fully saturated rings.